The molecule has 1 aromatic carbocycles. The summed E-state index contributed by atoms with van der Waals surface area (Å²) in [7, 11) is 0. The average molecular weight is 257 g/mol. The van der Waals surface area contributed by atoms with E-state index in [0.717, 1.165) is 0 Å². The van der Waals surface area contributed by atoms with E-state index in [2.05, 4.69) is 0 Å². The Hall–Kier alpha value is -1.49. The van der Waals surface area contributed by atoms with Crippen molar-refractivity contribution in [2.24, 2.45) is 0 Å². The summed E-state index contributed by atoms with van der Waals surface area (Å²) in [4.78, 5) is 12.4. The molecule has 0 aliphatic carbocycles. The van der Waals surface area contributed by atoms with Crippen molar-refractivity contribution in [2.45, 2.75) is 32.9 Å². The van der Waals surface area contributed by atoms with Gasteiger partial charge in [0.15, 0.2) is 0 Å². The Morgan fingerprint density at radius 2 is 2.06 bits per heavy atom. The van der Waals surface area contributed by atoms with Crippen LogP contribution in [0.2, 0.25) is 0 Å². The van der Waals surface area contributed by atoms with Gasteiger partial charge in [0.1, 0.15) is 0 Å². The van der Waals surface area contributed by atoms with Crippen molar-refractivity contribution in [3.05, 3.63) is 35.4 Å². The summed E-state index contributed by atoms with van der Waals surface area (Å²) in [5.41, 5.74) is 0.661. The Labute approximate surface area is 105 Å². The number of halogens is 2. The topological polar surface area (TPSA) is 40.5 Å². The molecule has 0 amide bonds. The number of carboxylic acids is 1. The first-order chi connectivity index (χ1) is 8.40. The second-order valence-corrected chi connectivity index (χ2v) is 4.44. The number of carbonyl (C=O) groups is 1. The van der Waals surface area contributed by atoms with Crippen LogP contribution in [0.25, 0.3) is 0 Å². The molecule has 0 aliphatic heterocycles. The van der Waals surface area contributed by atoms with Crippen molar-refractivity contribution in [3.63, 3.8) is 0 Å². The zero-order chi connectivity index (χ0) is 13.7. The normalized spacial score (nSPS) is 11.5. The maximum absolute atomic E-state index is 12.5. The van der Waals surface area contributed by atoms with Gasteiger partial charge in [-0.1, -0.05) is 18.2 Å². The van der Waals surface area contributed by atoms with Crippen LogP contribution >= 0.6 is 0 Å². The number of benzene rings is 1. The monoisotopic (exact) mass is 257 g/mol. The van der Waals surface area contributed by atoms with Crippen molar-refractivity contribution in [1.29, 1.82) is 0 Å². The van der Waals surface area contributed by atoms with Gasteiger partial charge in [0.25, 0.3) is 6.43 Å². The van der Waals surface area contributed by atoms with Gasteiger partial charge in [-0.15, -0.1) is 0 Å². The number of carboxylic acid groups (broad SMARTS) is 1. The molecule has 0 saturated heterocycles. The molecule has 0 aliphatic rings. The molecule has 0 unspecified atom stereocenters. The molecule has 0 bridgehead atoms. The third-order valence-electron chi connectivity index (χ3n) is 2.66. The van der Waals surface area contributed by atoms with Crippen LogP contribution < -0.4 is 0 Å². The molecular weight excluding hydrogens is 240 g/mol. The highest BCUT2D eigenvalue weighted by Gasteiger charge is 2.15. The minimum atomic E-state index is -2.50. The van der Waals surface area contributed by atoms with Gasteiger partial charge in [0.2, 0.25) is 0 Å². The summed E-state index contributed by atoms with van der Waals surface area (Å²) in [5, 5.41) is 8.79. The van der Waals surface area contributed by atoms with Gasteiger partial charge >= 0.3 is 5.97 Å². The van der Waals surface area contributed by atoms with E-state index in [1.807, 2.05) is 13.8 Å². The second-order valence-electron chi connectivity index (χ2n) is 4.44. The number of hydrogen-bond donors (Lipinski definition) is 1. The predicted octanol–water partition coefficient (Wildman–Crippen LogP) is 2.92. The number of alkyl halides is 2. The first-order valence-electron chi connectivity index (χ1n) is 5.73. The molecule has 0 saturated carbocycles. The minimum absolute atomic E-state index is 0.0356. The summed E-state index contributed by atoms with van der Waals surface area (Å²) >= 11 is 0. The highest BCUT2D eigenvalue weighted by molar-refractivity contribution is 5.69. The Balaban J connectivity index is 2.80. The predicted molar refractivity (Wildman–Crippen MR) is 64.6 cm³/mol. The van der Waals surface area contributed by atoms with Gasteiger partial charge in [0.05, 0.1) is 6.54 Å². The maximum Gasteiger partial charge on any atom is 0.317 e. The largest absolute Gasteiger partial charge is 0.480 e. The van der Waals surface area contributed by atoms with E-state index in [1.165, 1.54) is 12.1 Å². The lowest BCUT2D eigenvalue weighted by molar-refractivity contribution is -0.138. The molecule has 1 N–H and O–H groups in total. The summed E-state index contributed by atoms with van der Waals surface area (Å²) in [6.45, 7) is 4.00. The van der Waals surface area contributed by atoms with Crippen LogP contribution in [0.1, 0.15) is 31.4 Å². The molecule has 0 radical (unpaired) electrons. The Kier molecular flexibility index (Phi) is 5.22. The minimum Gasteiger partial charge on any atom is -0.480 e. The summed E-state index contributed by atoms with van der Waals surface area (Å²) in [6, 6.07) is 6.11. The molecule has 1 aromatic rings. The molecule has 0 aromatic heterocycles. The fraction of sp³-hybridized carbons (Fsp3) is 0.462. The van der Waals surface area contributed by atoms with Gasteiger partial charge in [-0.25, -0.2) is 8.78 Å². The van der Waals surface area contributed by atoms with Gasteiger partial charge < -0.3 is 5.11 Å². The lowest BCUT2D eigenvalue weighted by Crippen LogP contribution is -2.35. The fourth-order valence-corrected chi connectivity index (χ4v) is 1.66. The summed E-state index contributed by atoms with van der Waals surface area (Å²) in [5.74, 6) is -0.922. The van der Waals surface area contributed by atoms with E-state index in [4.69, 9.17) is 5.11 Å². The van der Waals surface area contributed by atoms with E-state index in [1.54, 1.807) is 17.0 Å². The molecule has 3 nitrogen and oxygen atoms in total. The van der Waals surface area contributed by atoms with E-state index in [-0.39, 0.29) is 18.2 Å². The first-order valence-corrected chi connectivity index (χ1v) is 5.73. The van der Waals surface area contributed by atoms with Crippen molar-refractivity contribution in [2.75, 3.05) is 6.54 Å². The number of hydrogen-bond acceptors (Lipinski definition) is 2. The SMILES string of the molecule is CC(C)N(CC(=O)O)Cc1cccc(C(F)F)c1. The second kappa shape index (κ2) is 6.44. The highest BCUT2D eigenvalue weighted by atomic mass is 19.3. The quantitative estimate of drug-likeness (QED) is 0.851. The molecule has 0 atom stereocenters. The van der Waals surface area contributed by atoms with Gasteiger partial charge in [-0.05, 0) is 25.5 Å². The van der Waals surface area contributed by atoms with Crippen molar-refractivity contribution < 1.29 is 18.7 Å². The van der Waals surface area contributed by atoms with Gasteiger partial charge in [-0.3, -0.25) is 9.69 Å². The maximum atomic E-state index is 12.5. The van der Waals surface area contributed by atoms with Crippen LogP contribution in [0.4, 0.5) is 8.78 Å². The molecule has 18 heavy (non-hydrogen) atoms. The molecule has 5 heteroatoms. The molecule has 0 fully saturated rings. The lowest BCUT2D eigenvalue weighted by atomic mass is 10.1. The van der Waals surface area contributed by atoms with Crippen molar-refractivity contribution in [3.8, 4) is 0 Å². The third kappa shape index (κ3) is 4.41. The Bertz CT molecular complexity index is 408. The number of rotatable bonds is 6. The molecular formula is C13H17F2NO2. The first kappa shape index (κ1) is 14.6. The van der Waals surface area contributed by atoms with Crippen LogP contribution in [-0.4, -0.2) is 28.6 Å². The zero-order valence-electron chi connectivity index (χ0n) is 10.4. The van der Waals surface area contributed by atoms with E-state index in [0.29, 0.717) is 12.1 Å². The van der Waals surface area contributed by atoms with Crippen LogP contribution in [0.15, 0.2) is 24.3 Å². The van der Waals surface area contributed by atoms with Gasteiger partial charge in [-0.2, -0.15) is 0 Å². The highest BCUT2D eigenvalue weighted by Crippen LogP contribution is 2.20. The number of aliphatic carboxylic acids is 1. The molecule has 1 rings (SSSR count). The van der Waals surface area contributed by atoms with Crippen LogP contribution in [0.5, 0.6) is 0 Å². The third-order valence-corrected chi connectivity index (χ3v) is 2.66. The van der Waals surface area contributed by atoms with Crippen LogP contribution in [0.3, 0.4) is 0 Å². The standard InChI is InChI=1S/C13H17F2NO2/c1-9(2)16(8-12(17)18)7-10-4-3-5-11(6-10)13(14)15/h3-6,9,13H,7-8H2,1-2H3,(H,17,18). The number of nitrogens with zero attached hydrogens (tertiary/aromatic N) is 1. The van der Waals surface area contributed by atoms with Crippen LogP contribution in [0, 0.1) is 0 Å². The van der Waals surface area contributed by atoms with E-state index in [9.17, 15) is 13.6 Å². The summed E-state index contributed by atoms with van der Waals surface area (Å²) < 4.78 is 25.1. The summed E-state index contributed by atoms with van der Waals surface area (Å²) in [6.07, 6.45) is -2.50. The molecule has 100 valence electrons. The van der Waals surface area contributed by atoms with Crippen molar-refractivity contribution >= 4 is 5.97 Å². The van der Waals surface area contributed by atoms with Crippen molar-refractivity contribution in [1.82, 2.24) is 4.90 Å². The molecule has 0 heterocycles. The lowest BCUT2D eigenvalue weighted by Gasteiger charge is -2.24. The van der Waals surface area contributed by atoms with Crippen LogP contribution in [-0.2, 0) is 11.3 Å². The fourth-order valence-electron chi connectivity index (χ4n) is 1.66. The average Bonchev–Trinajstić information content (AvgIpc) is 2.27. The Morgan fingerprint density at radius 3 is 2.56 bits per heavy atom. The molecule has 0 spiro atoms. The van der Waals surface area contributed by atoms with Gasteiger partial charge in [0, 0.05) is 18.2 Å². The van der Waals surface area contributed by atoms with E-state index >= 15 is 0 Å². The Morgan fingerprint density at radius 1 is 1.39 bits per heavy atom. The van der Waals surface area contributed by atoms with E-state index < -0.39 is 12.4 Å². The smallest absolute Gasteiger partial charge is 0.317 e. The zero-order valence-corrected chi connectivity index (χ0v) is 10.4.